The number of carbonyl (C=O) groups excluding carboxylic acids is 1. The molecule has 0 aliphatic carbocycles. The van der Waals surface area contributed by atoms with Gasteiger partial charge in [-0.15, -0.1) is 0 Å². The minimum absolute atomic E-state index is 0.0654. The Morgan fingerprint density at radius 2 is 1.67 bits per heavy atom. The Balaban J connectivity index is 1.50. The zero-order valence-corrected chi connectivity index (χ0v) is 15.7. The lowest BCUT2D eigenvalue weighted by Crippen LogP contribution is -2.50. The maximum absolute atomic E-state index is 12.1. The minimum Gasteiger partial charge on any atom is -0.355 e. The number of carbonyl (C=O) groups is 1. The van der Waals surface area contributed by atoms with E-state index in [2.05, 4.69) is 15.1 Å². The van der Waals surface area contributed by atoms with E-state index in [1.165, 1.54) is 17.7 Å². The predicted molar refractivity (Wildman–Crippen MR) is 104 cm³/mol. The predicted octanol–water partition coefficient (Wildman–Crippen LogP) is -0.364. The van der Waals surface area contributed by atoms with Gasteiger partial charge in [-0.3, -0.25) is 23.6 Å². The molecule has 1 saturated heterocycles. The van der Waals surface area contributed by atoms with Crippen molar-refractivity contribution in [2.24, 2.45) is 14.1 Å². The van der Waals surface area contributed by atoms with Crippen molar-refractivity contribution in [3.8, 4) is 0 Å². The molecule has 0 unspecified atom stereocenters. The largest absolute Gasteiger partial charge is 0.355 e. The molecule has 1 aliphatic heterocycles. The molecule has 0 radical (unpaired) electrons. The average molecular weight is 371 g/mol. The highest BCUT2D eigenvalue weighted by atomic mass is 16.2. The Hall–Kier alpha value is -2.87. The molecule has 1 N–H and O–H groups in total. The smallest absolute Gasteiger partial charge is 0.332 e. The molecule has 8 heteroatoms. The van der Waals surface area contributed by atoms with E-state index in [4.69, 9.17) is 0 Å². The molecule has 1 aromatic carbocycles. The van der Waals surface area contributed by atoms with Crippen LogP contribution in [0.5, 0.6) is 0 Å². The SMILES string of the molecule is Cn1c(N2CCN(CCNC(=O)c3ccccc3)CC2)cc(=O)n(C)c1=O. The van der Waals surface area contributed by atoms with Crippen molar-refractivity contribution in [2.45, 2.75) is 0 Å². The maximum atomic E-state index is 12.1. The van der Waals surface area contributed by atoms with Crippen molar-refractivity contribution in [1.82, 2.24) is 19.4 Å². The summed E-state index contributed by atoms with van der Waals surface area (Å²) < 4.78 is 2.62. The molecular weight excluding hydrogens is 346 g/mol. The van der Waals surface area contributed by atoms with Gasteiger partial charge in [0.1, 0.15) is 5.82 Å². The van der Waals surface area contributed by atoms with E-state index in [9.17, 15) is 14.4 Å². The van der Waals surface area contributed by atoms with Crippen LogP contribution in [0.2, 0.25) is 0 Å². The Morgan fingerprint density at radius 1 is 1.00 bits per heavy atom. The van der Waals surface area contributed by atoms with Crippen molar-refractivity contribution in [3.63, 3.8) is 0 Å². The first kappa shape index (κ1) is 18.9. The van der Waals surface area contributed by atoms with E-state index in [0.717, 1.165) is 37.3 Å². The molecule has 144 valence electrons. The fraction of sp³-hybridized carbons (Fsp3) is 0.421. The van der Waals surface area contributed by atoms with Crippen LogP contribution in [0.3, 0.4) is 0 Å². The summed E-state index contributed by atoms with van der Waals surface area (Å²) in [5, 5.41) is 2.94. The minimum atomic E-state index is -0.316. The lowest BCUT2D eigenvalue weighted by atomic mass is 10.2. The number of amides is 1. The molecule has 1 aromatic heterocycles. The van der Waals surface area contributed by atoms with Gasteiger partial charge >= 0.3 is 5.69 Å². The normalized spacial score (nSPS) is 15.0. The highest BCUT2D eigenvalue weighted by Gasteiger charge is 2.20. The van der Waals surface area contributed by atoms with E-state index < -0.39 is 0 Å². The molecule has 8 nitrogen and oxygen atoms in total. The van der Waals surface area contributed by atoms with E-state index in [0.29, 0.717) is 17.9 Å². The van der Waals surface area contributed by atoms with Gasteiger partial charge in [-0.2, -0.15) is 0 Å². The molecule has 0 atom stereocenters. The zero-order chi connectivity index (χ0) is 19.4. The van der Waals surface area contributed by atoms with Gasteiger partial charge in [0.15, 0.2) is 0 Å². The fourth-order valence-electron chi connectivity index (χ4n) is 3.24. The van der Waals surface area contributed by atoms with Crippen molar-refractivity contribution in [1.29, 1.82) is 0 Å². The van der Waals surface area contributed by atoms with Crippen molar-refractivity contribution < 1.29 is 4.79 Å². The Bertz CT molecular complexity index is 911. The number of nitrogens with zero attached hydrogens (tertiary/aromatic N) is 4. The monoisotopic (exact) mass is 371 g/mol. The van der Waals surface area contributed by atoms with Crippen LogP contribution < -0.4 is 21.5 Å². The molecule has 0 spiro atoms. The van der Waals surface area contributed by atoms with Crippen LogP contribution in [-0.4, -0.2) is 59.2 Å². The second-order valence-corrected chi connectivity index (χ2v) is 6.69. The highest BCUT2D eigenvalue weighted by molar-refractivity contribution is 5.94. The average Bonchev–Trinajstić information content (AvgIpc) is 2.70. The molecular formula is C19H25N5O3. The lowest BCUT2D eigenvalue weighted by molar-refractivity contribution is 0.0947. The van der Waals surface area contributed by atoms with Crippen LogP contribution in [0.15, 0.2) is 46.0 Å². The molecule has 2 heterocycles. The highest BCUT2D eigenvalue weighted by Crippen LogP contribution is 2.12. The second-order valence-electron chi connectivity index (χ2n) is 6.69. The first-order valence-corrected chi connectivity index (χ1v) is 9.05. The van der Waals surface area contributed by atoms with Crippen LogP contribution >= 0.6 is 0 Å². The van der Waals surface area contributed by atoms with Gasteiger partial charge in [0.05, 0.1) is 0 Å². The Morgan fingerprint density at radius 3 is 2.33 bits per heavy atom. The number of aromatic nitrogens is 2. The molecule has 1 amide bonds. The van der Waals surface area contributed by atoms with E-state index in [1.54, 1.807) is 19.2 Å². The molecule has 2 aromatic rings. The van der Waals surface area contributed by atoms with Crippen molar-refractivity contribution in [3.05, 3.63) is 62.8 Å². The molecule has 1 fully saturated rings. The van der Waals surface area contributed by atoms with Crippen LogP contribution in [0.1, 0.15) is 10.4 Å². The summed E-state index contributed by atoms with van der Waals surface area (Å²) in [6.07, 6.45) is 0. The van der Waals surface area contributed by atoms with Gasteiger partial charge in [0, 0.05) is 65.0 Å². The first-order chi connectivity index (χ1) is 13.0. The standard InChI is InChI=1S/C19H25N5O3/c1-21-16(14-17(25)22(2)19(21)27)24-12-10-23(11-13-24)9-8-20-18(26)15-6-4-3-5-7-15/h3-7,14H,8-13H2,1-2H3,(H,20,26). The molecule has 27 heavy (non-hydrogen) atoms. The number of benzene rings is 1. The van der Waals surface area contributed by atoms with Crippen LogP contribution in [0.25, 0.3) is 0 Å². The first-order valence-electron chi connectivity index (χ1n) is 9.05. The summed E-state index contributed by atoms with van der Waals surface area (Å²) in [6, 6.07) is 10.7. The van der Waals surface area contributed by atoms with Crippen molar-refractivity contribution >= 4 is 11.7 Å². The topological polar surface area (TPSA) is 79.6 Å². The maximum Gasteiger partial charge on any atom is 0.332 e. The van der Waals surface area contributed by atoms with Gasteiger partial charge < -0.3 is 10.2 Å². The Labute approximate surface area is 157 Å². The van der Waals surface area contributed by atoms with Gasteiger partial charge in [-0.05, 0) is 12.1 Å². The summed E-state index contributed by atoms with van der Waals surface area (Å²) in [5.74, 6) is 0.587. The summed E-state index contributed by atoms with van der Waals surface area (Å²) in [4.78, 5) is 40.4. The van der Waals surface area contributed by atoms with E-state index >= 15 is 0 Å². The van der Waals surface area contributed by atoms with E-state index in [1.807, 2.05) is 18.2 Å². The van der Waals surface area contributed by atoms with Crippen LogP contribution in [0, 0.1) is 0 Å². The summed E-state index contributed by atoms with van der Waals surface area (Å²) >= 11 is 0. The third-order valence-electron chi connectivity index (χ3n) is 4.95. The zero-order valence-electron chi connectivity index (χ0n) is 15.7. The van der Waals surface area contributed by atoms with Crippen molar-refractivity contribution in [2.75, 3.05) is 44.2 Å². The third kappa shape index (κ3) is 4.28. The van der Waals surface area contributed by atoms with Gasteiger partial charge in [0.2, 0.25) is 0 Å². The number of nitrogens with one attached hydrogen (secondary N) is 1. The number of anilines is 1. The molecule has 0 saturated carbocycles. The van der Waals surface area contributed by atoms with Gasteiger partial charge in [-0.25, -0.2) is 4.79 Å². The van der Waals surface area contributed by atoms with E-state index in [-0.39, 0.29) is 17.2 Å². The van der Waals surface area contributed by atoms with Crippen LogP contribution in [0.4, 0.5) is 5.82 Å². The number of hydrogen-bond acceptors (Lipinski definition) is 5. The molecule has 3 rings (SSSR count). The van der Waals surface area contributed by atoms with Gasteiger partial charge in [0.25, 0.3) is 11.5 Å². The third-order valence-corrected chi connectivity index (χ3v) is 4.95. The lowest BCUT2D eigenvalue weighted by Gasteiger charge is -2.36. The number of piperazine rings is 1. The summed E-state index contributed by atoms with van der Waals surface area (Å²) in [6.45, 7) is 4.43. The summed E-state index contributed by atoms with van der Waals surface area (Å²) in [5.41, 5.74) is 0.0524. The summed E-state index contributed by atoms with van der Waals surface area (Å²) in [7, 11) is 3.17. The number of rotatable bonds is 5. The van der Waals surface area contributed by atoms with Crippen LogP contribution in [-0.2, 0) is 14.1 Å². The number of hydrogen-bond donors (Lipinski definition) is 1. The molecule has 0 bridgehead atoms. The fourth-order valence-corrected chi connectivity index (χ4v) is 3.24. The quantitative estimate of drug-likeness (QED) is 0.776. The van der Waals surface area contributed by atoms with Gasteiger partial charge in [-0.1, -0.05) is 18.2 Å². The Kier molecular flexibility index (Phi) is 5.75. The second kappa shape index (κ2) is 8.22. The molecule has 1 aliphatic rings.